The Kier molecular flexibility index (Phi) is 5.99. The molecule has 2 amide bonds. The van der Waals surface area contributed by atoms with Crippen molar-refractivity contribution in [3.05, 3.63) is 58.7 Å². The van der Waals surface area contributed by atoms with E-state index in [0.29, 0.717) is 44.0 Å². The van der Waals surface area contributed by atoms with Gasteiger partial charge in [-0.2, -0.15) is 0 Å². The molecule has 0 radical (unpaired) electrons. The number of nitrogens with one attached hydrogen (secondary N) is 1. The van der Waals surface area contributed by atoms with E-state index in [1.165, 1.54) is 0 Å². The number of carbonyl (C=O) groups excluding carboxylic acids is 2. The Balaban J connectivity index is 1.54. The van der Waals surface area contributed by atoms with E-state index >= 15 is 0 Å². The van der Waals surface area contributed by atoms with Crippen LogP contribution in [-0.4, -0.2) is 54.3 Å². The summed E-state index contributed by atoms with van der Waals surface area (Å²) < 4.78 is 0. The summed E-state index contributed by atoms with van der Waals surface area (Å²) in [6, 6.07) is 11.4. The number of benzene rings is 2. The number of nitrogen functional groups attached to an aromatic ring is 1. The topological polar surface area (TPSA) is 78.7 Å². The minimum atomic E-state index is -0.0242. The van der Waals surface area contributed by atoms with Gasteiger partial charge in [0.05, 0.1) is 6.54 Å². The number of nitrogens with two attached hydrogens (primary N) is 1. The smallest absolute Gasteiger partial charge is 0.254 e. The second-order valence-corrected chi connectivity index (χ2v) is 7.46. The van der Waals surface area contributed by atoms with Gasteiger partial charge in [-0.15, -0.1) is 0 Å². The predicted molar refractivity (Wildman–Crippen MR) is 112 cm³/mol. The number of rotatable bonds is 4. The summed E-state index contributed by atoms with van der Waals surface area (Å²) in [6.45, 7) is 8.78. The van der Waals surface area contributed by atoms with Gasteiger partial charge in [0, 0.05) is 43.1 Å². The molecular formula is C22H28N4O2. The van der Waals surface area contributed by atoms with E-state index in [1.807, 2.05) is 49.9 Å². The van der Waals surface area contributed by atoms with Crippen molar-refractivity contribution in [2.24, 2.45) is 0 Å². The molecule has 1 heterocycles. The highest BCUT2D eigenvalue weighted by Crippen LogP contribution is 2.20. The van der Waals surface area contributed by atoms with Crippen LogP contribution in [0.1, 0.15) is 27.0 Å². The summed E-state index contributed by atoms with van der Waals surface area (Å²) in [6.07, 6.45) is 0. The largest absolute Gasteiger partial charge is 0.399 e. The summed E-state index contributed by atoms with van der Waals surface area (Å²) in [4.78, 5) is 29.2. The molecule has 1 aliphatic rings. The van der Waals surface area contributed by atoms with Gasteiger partial charge in [-0.3, -0.25) is 14.5 Å². The van der Waals surface area contributed by atoms with Gasteiger partial charge in [-0.1, -0.05) is 24.3 Å². The third-order valence-electron chi connectivity index (χ3n) is 5.26. The number of amides is 2. The first-order valence-electron chi connectivity index (χ1n) is 9.59. The standard InChI is InChI=1S/C22H28N4O2/c1-15-7-8-18(23)13-19(15)22(28)26-11-9-25(10-12-26)14-20(27)24-21-16(2)5-4-6-17(21)3/h4-8,13H,9-12,14,23H2,1-3H3,(H,24,27). The highest BCUT2D eigenvalue weighted by molar-refractivity contribution is 5.96. The molecule has 1 aliphatic heterocycles. The van der Waals surface area contributed by atoms with Gasteiger partial charge in [-0.05, 0) is 49.6 Å². The van der Waals surface area contributed by atoms with Crippen LogP contribution in [0.5, 0.6) is 0 Å². The summed E-state index contributed by atoms with van der Waals surface area (Å²) >= 11 is 0. The molecule has 2 aromatic rings. The van der Waals surface area contributed by atoms with Crippen LogP contribution in [-0.2, 0) is 4.79 Å². The van der Waals surface area contributed by atoms with E-state index in [0.717, 1.165) is 22.4 Å². The number of piperazine rings is 1. The van der Waals surface area contributed by atoms with E-state index in [-0.39, 0.29) is 11.8 Å². The highest BCUT2D eigenvalue weighted by Gasteiger charge is 2.24. The van der Waals surface area contributed by atoms with E-state index in [1.54, 1.807) is 12.1 Å². The quantitative estimate of drug-likeness (QED) is 0.799. The van der Waals surface area contributed by atoms with E-state index in [4.69, 9.17) is 5.73 Å². The van der Waals surface area contributed by atoms with Crippen molar-refractivity contribution < 1.29 is 9.59 Å². The Labute approximate surface area is 166 Å². The fourth-order valence-electron chi connectivity index (χ4n) is 3.54. The lowest BCUT2D eigenvalue weighted by atomic mass is 10.1. The molecule has 6 nitrogen and oxygen atoms in total. The van der Waals surface area contributed by atoms with E-state index in [2.05, 4.69) is 10.2 Å². The van der Waals surface area contributed by atoms with Crippen LogP contribution in [0.3, 0.4) is 0 Å². The molecule has 1 fully saturated rings. The molecule has 0 unspecified atom stereocenters. The van der Waals surface area contributed by atoms with Crippen molar-refractivity contribution in [2.75, 3.05) is 43.8 Å². The van der Waals surface area contributed by atoms with Crippen molar-refractivity contribution in [2.45, 2.75) is 20.8 Å². The molecule has 0 aromatic heterocycles. The Morgan fingerprint density at radius 3 is 2.25 bits per heavy atom. The zero-order chi connectivity index (χ0) is 20.3. The van der Waals surface area contributed by atoms with Crippen LogP contribution in [0.2, 0.25) is 0 Å². The molecule has 1 saturated heterocycles. The van der Waals surface area contributed by atoms with Gasteiger partial charge < -0.3 is 16.0 Å². The van der Waals surface area contributed by atoms with Gasteiger partial charge >= 0.3 is 0 Å². The molecule has 28 heavy (non-hydrogen) atoms. The van der Waals surface area contributed by atoms with Gasteiger partial charge in [0.25, 0.3) is 5.91 Å². The van der Waals surface area contributed by atoms with Crippen LogP contribution in [0, 0.1) is 20.8 Å². The maximum atomic E-state index is 12.8. The highest BCUT2D eigenvalue weighted by atomic mass is 16.2. The second kappa shape index (κ2) is 8.44. The van der Waals surface area contributed by atoms with Crippen molar-refractivity contribution in [3.63, 3.8) is 0 Å². The van der Waals surface area contributed by atoms with Crippen LogP contribution in [0.15, 0.2) is 36.4 Å². The lowest BCUT2D eigenvalue weighted by molar-refractivity contribution is -0.117. The lowest BCUT2D eigenvalue weighted by Gasteiger charge is -2.34. The molecule has 0 aliphatic carbocycles. The first-order valence-corrected chi connectivity index (χ1v) is 9.59. The van der Waals surface area contributed by atoms with Crippen molar-refractivity contribution in [1.82, 2.24) is 9.80 Å². The average Bonchev–Trinajstić information content (AvgIpc) is 2.67. The molecule has 148 valence electrons. The third kappa shape index (κ3) is 4.51. The Morgan fingerprint density at radius 2 is 1.61 bits per heavy atom. The van der Waals surface area contributed by atoms with Crippen LogP contribution >= 0.6 is 0 Å². The summed E-state index contributed by atoms with van der Waals surface area (Å²) in [7, 11) is 0. The SMILES string of the molecule is Cc1ccc(N)cc1C(=O)N1CCN(CC(=O)Nc2c(C)cccc2C)CC1. The second-order valence-electron chi connectivity index (χ2n) is 7.46. The lowest BCUT2D eigenvalue weighted by Crippen LogP contribution is -2.50. The normalized spacial score (nSPS) is 14.8. The minimum absolute atomic E-state index is 0.00411. The molecule has 0 spiro atoms. The minimum Gasteiger partial charge on any atom is -0.399 e. The Morgan fingerprint density at radius 1 is 0.964 bits per heavy atom. The first-order chi connectivity index (χ1) is 13.3. The number of nitrogens with zero attached hydrogens (tertiary/aromatic N) is 2. The molecular weight excluding hydrogens is 352 g/mol. The molecule has 0 saturated carbocycles. The van der Waals surface area contributed by atoms with Crippen LogP contribution < -0.4 is 11.1 Å². The Bertz CT molecular complexity index is 866. The Hall–Kier alpha value is -2.86. The number of hydrogen-bond donors (Lipinski definition) is 2. The maximum absolute atomic E-state index is 12.8. The van der Waals surface area contributed by atoms with Crippen molar-refractivity contribution >= 4 is 23.2 Å². The number of aryl methyl sites for hydroxylation is 3. The molecule has 0 atom stereocenters. The zero-order valence-corrected chi connectivity index (χ0v) is 16.8. The molecule has 0 bridgehead atoms. The third-order valence-corrected chi connectivity index (χ3v) is 5.26. The molecule has 3 rings (SSSR count). The molecule has 2 aromatic carbocycles. The molecule has 6 heteroatoms. The fraction of sp³-hybridized carbons (Fsp3) is 0.364. The van der Waals surface area contributed by atoms with Crippen molar-refractivity contribution in [3.8, 4) is 0 Å². The van der Waals surface area contributed by atoms with Gasteiger partial charge in [-0.25, -0.2) is 0 Å². The van der Waals surface area contributed by atoms with Gasteiger partial charge in [0.15, 0.2) is 0 Å². The zero-order valence-electron chi connectivity index (χ0n) is 16.8. The number of para-hydroxylation sites is 1. The van der Waals surface area contributed by atoms with E-state index < -0.39 is 0 Å². The van der Waals surface area contributed by atoms with E-state index in [9.17, 15) is 9.59 Å². The van der Waals surface area contributed by atoms with Gasteiger partial charge in [0.1, 0.15) is 0 Å². The van der Waals surface area contributed by atoms with Crippen molar-refractivity contribution in [1.29, 1.82) is 0 Å². The van der Waals surface area contributed by atoms with Crippen LogP contribution in [0.4, 0.5) is 11.4 Å². The average molecular weight is 380 g/mol. The maximum Gasteiger partial charge on any atom is 0.254 e. The number of hydrogen-bond acceptors (Lipinski definition) is 4. The fourth-order valence-corrected chi connectivity index (χ4v) is 3.54. The first kappa shape index (κ1) is 19.9. The summed E-state index contributed by atoms with van der Waals surface area (Å²) in [5.74, 6) is -0.0201. The summed E-state index contributed by atoms with van der Waals surface area (Å²) in [5, 5.41) is 3.02. The van der Waals surface area contributed by atoms with Crippen LogP contribution in [0.25, 0.3) is 0 Å². The monoisotopic (exact) mass is 380 g/mol. The predicted octanol–water partition coefficient (Wildman–Crippen LogP) is 2.59. The number of anilines is 2. The molecule has 3 N–H and O–H groups in total. The summed E-state index contributed by atoms with van der Waals surface area (Å²) in [5.41, 5.74) is 11.0. The number of carbonyl (C=O) groups is 2. The van der Waals surface area contributed by atoms with Gasteiger partial charge in [0.2, 0.25) is 5.91 Å².